The average Bonchev–Trinajstić information content (AvgIpc) is 1.87. The monoisotopic (exact) mass is 183 g/mol. The molecule has 0 saturated carbocycles. The molecule has 0 amide bonds. The summed E-state index contributed by atoms with van der Waals surface area (Å²) in [5.41, 5.74) is 0. The van der Waals surface area contributed by atoms with Gasteiger partial charge in [-0.25, -0.2) is 5.90 Å². The lowest BCUT2D eigenvalue weighted by Crippen LogP contribution is -2.02. The molecule has 0 bridgehead atoms. The van der Waals surface area contributed by atoms with Crippen molar-refractivity contribution in [3.63, 3.8) is 0 Å². The van der Waals surface area contributed by atoms with Gasteiger partial charge >= 0.3 is 7.82 Å². The van der Waals surface area contributed by atoms with Crippen molar-refractivity contribution in [1.82, 2.24) is 0 Å². The van der Waals surface area contributed by atoms with Crippen molar-refractivity contribution in [2.24, 2.45) is 11.8 Å². The predicted octanol–water partition coefficient (Wildman–Crippen LogP) is 1.04. The van der Waals surface area contributed by atoms with Gasteiger partial charge < -0.3 is 0 Å². The molecule has 1 radical (unpaired) electrons. The molecule has 0 spiro atoms. The lowest BCUT2D eigenvalue weighted by Gasteiger charge is -1.97. The Balaban J connectivity index is 3.46. The smallest absolute Gasteiger partial charge is 0.255 e. The van der Waals surface area contributed by atoms with Crippen molar-refractivity contribution in [3.8, 4) is 0 Å². The summed E-state index contributed by atoms with van der Waals surface area (Å²) >= 11 is 0. The van der Waals surface area contributed by atoms with Crippen LogP contribution in [-0.4, -0.2) is 11.5 Å². The van der Waals surface area contributed by atoms with Gasteiger partial charge in [-0.1, -0.05) is 18.4 Å². The highest BCUT2D eigenvalue weighted by atomic mass is 31.2. The van der Waals surface area contributed by atoms with Crippen LogP contribution >= 0.6 is 7.82 Å². The van der Waals surface area contributed by atoms with Crippen molar-refractivity contribution >= 4 is 7.82 Å². The minimum atomic E-state index is -3.95. The summed E-state index contributed by atoms with van der Waals surface area (Å²) in [6.45, 7) is 4.15. The van der Waals surface area contributed by atoms with Gasteiger partial charge in [0.2, 0.25) is 6.61 Å². The number of nitrogens with two attached hydrogens (primary N) is 1. The number of hydrogen-bond donors (Lipinski definition) is 2. The highest BCUT2D eigenvalue weighted by Gasteiger charge is 2.35. The van der Waals surface area contributed by atoms with E-state index in [1.54, 1.807) is 0 Å². The van der Waals surface area contributed by atoms with Gasteiger partial charge in [0.1, 0.15) is 0 Å². The van der Waals surface area contributed by atoms with Crippen LogP contribution < -0.4 is 5.90 Å². The number of hydrogen-bond acceptors (Lipinski definition) is 4. The SMILES string of the molecule is CC(C)CC[O+]P(=O)(O)ON. The molecule has 0 fully saturated rings. The van der Waals surface area contributed by atoms with Gasteiger partial charge in [0.25, 0.3) is 0 Å². The normalized spacial score (nSPS) is 16.8. The Morgan fingerprint density at radius 3 is 2.64 bits per heavy atom. The molecule has 0 aromatic rings. The highest BCUT2D eigenvalue weighted by molar-refractivity contribution is 7.47. The zero-order chi connectivity index (χ0) is 8.91. The third-order valence-electron chi connectivity index (χ3n) is 1.08. The molecule has 0 aromatic heterocycles. The van der Waals surface area contributed by atoms with E-state index >= 15 is 0 Å². The third kappa shape index (κ3) is 6.47. The minimum Gasteiger partial charge on any atom is -0.255 e. The molecule has 5 nitrogen and oxygen atoms in total. The van der Waals surface area contributed by atoms with E-state index in [9.17, 15) is 4.57 Å². The molecule has 0 saturated heterocycles. The van der Waals surface area contributed by atoms with Gasteiger partial charge in [0.15, 0.2) is 0 Å². The summed E-state index contributed by atoms with van der Waals surface area (Å²) in [5.74, 6) is 4.91. The molecule has 11 heavy (non-hydrogen) atoms. The Labute approximate surface area is 66.1 Å². The van der Waals surface area contributed by atoms with Gasteiger partial charge in [-0.05, 0) is 5.92 Å². The van der Waals surface area contributed by atoms with Crippen LogP contribution in [0, 0.1) is 5.92 Å². The molecule has 1 unspecified atom stereocenters. The summed E-state index contributed by atoms with van der Waals surface area (Å²) in [7, 11) is -3.95. The lowest BCUT2D eigenvalue weighted by molar-refractivity contribution is 0.145. The quantitative estimate of drug-likeness (QED) is 0.378. The van der Waals surface area contributed by atoms with E-state index in [4.69, 9.17) is 4.89 Å². The fraction of sp³-hybridized carbons (Fsp3) is 1.00. The standard InChI is InChI=1S/C5H14NO4P/c1-5(2)3-4-9-11(7,8)10-6/h5H,3-4,6H2,1-2H3,(H,7,8)/q+1. The van der Waals surface area contributed by atoms with Gasteiger partial charge in [-0.2, -0.15) is 9.19 Å². The van der Waals surface area contributed by atoms with E-state index < -0.39 is 7.82 Å². The Morgan fingerprint density at radius 2 is 2.27 bits per heavy atom. The van der Waals surface area contributed by atoms with Crippen LogP contribution in [-0.2, 0) is 13.7 Å². The Bertz CT molecular complexity index is 149. The van der Waals surface area contributed by atoms with Gasteiger partial charge in [-0.15, -0.1) is 0 Å². The van der Waals surface area contributed by atoms with Crippen LogP contribution in [0.1, 0.15) is 20.3 Å². The van der Waals surface area contributed by atoms with Crippen LogP contribution in [0.25, 0.3) is 0 Å². The summed E-state index contributed by atoms with van der Waals surface area (Å²) < 4.78 is 18.7. The third-order valence-corrected chi connectivity index (χ3v) is 1.86. The topological polar surface area (TPSA) is 83.8 Å². The highest BCUT2D eigenvalue weighted by Crippen LogP contribution is 2.40. The van der Waals surface area contributed by atoms with E-state index in [-0.39, 0.29) is 6.61 Å². The van der Waals surface area contributed by atoms with Crippen LogP contribution in [0.4, 0.5) is 0 Å². The first-order chi connectivity index (χ1) is 4.98. The molecule has 0 aliphatic carbocycles. The van der Waals surface area contributed by atoms with Gasteiger partial charge in [-0.3, -0.25) is 4.89 Å². The number of rotatable bonds is 5. The van der Waals surface area contributed by atoms with Crippen molar-refractivity contribution in [2.75, 3.05) is 6.61 Å². The molecule has 0 aliphatic rings. The summed E-state index contributed by atoms with van der Waals surface area (Å²) in [6, 6.07) is 0. The van der Waals surface area contributed by atoms with Gasteiger partial charge in [0.05, 0.1) is 0 Å². The van der Waals surface area contributed by atoms with Crippen molar-refractivity contribution in [1.29, 1.82) is 0 Å². The molecule has 0 aromatic carbocycles. The van der Waals surface area contributed by atoms with Crippen molar-refractivity contribution in [2.45, 2.75) is 20.3 Å². The Hall–Kier alpha value is 0.0700. The van der Waals surface area contributed by atoms with E-state index in [1.165, 1.54) is 0 Å². The molecular weight excluding hydrogens is 169 g/mol. The van der Waals surface area contributed by atoms with Crippen LogP contribution in [0.2, 0.25) is 0 Å². The largest absolute Gasteiger partial charge is 0.723 e. The molecule has 0 aliphatic heterocycles. The zero-order valence-corrected chi connectivity index (χ0v) is 7.58. The number of phosphoric acid groups is 1. The van der Waals surface area contributed by atoms with Crippen LogP contribution in [0.5, 0.6) is 0 Å². The first kappa shape index (κ1) is 11.1. The van der Waals surface area contributed by atoms with Crippen LogP contribution in [0.15, 0.2) is 0 Å². The number of phosphoric ester groups is 1. The predicted molar refractivity (Wildman–Crippen MR) is 40.5 cm³/mol. The van der Waals surface area contributed by atoms with E-state index in [0.29, 0.717) is 12.3 Å². The molecule has 67 valence electrons. The molecule has 3 N–H and O–H groups in total. The van der Waals surface area contributed by atoms with E-state index in [2.05, 4.69) is 15.0 Å². The fourth-order valence-electron chi connectivity index (χ4n) is 0.434. The van der Waals surface area contributed by atoms with Crippen molar-refractivity contribution < 1.29 is 18.6 Å². The Morgan fingerprint density at radius 1 is 1.73 bits per heavy atom. The van der Waals surface area contributed by atoms with Crippen molar-refractivity contribution in [3.05, 3.63) is 0 Å². The lowest BCUT2D eigenvalue weighted by atomic mass is 10.2. The second kappa shape index (κ2) is 4.85. The summed E-state index contributed by atoms with van der Waals surface area (Å²) in [5, 5.41) is 0. The molecule has 0 heterocycles. The maximum Gasteiger partial charge on any atom is 0.723 e. The molecule has 1 atom stereocenters. The van der Waals surface area contributed by atoms with Crippen LogP contribution in [0.3, 0.4) is 0 Å². The molecule has 6 heteroatoms. The molecular formula is C5H14NO4P+. The first-order valence-electron chi connectivity index (χ1n) is 3.34. The minimum absolute atomic E-state index is 0.183. The average molecular weight is 183 g/mol. The maximum atomic E-state index is 10.6. The fourth-order valence-corrected chi connectivity index (χ4v) is 0.831. The second-order valence-corrected chi connectivity index (χ2v) is 4.00. The van der Waals surface area contributed by atoms with Gasteiger partial charge in [0, 0.05) is 6.42 Å². The summed E-state index contributed by atoms with van der Waals surface area (Å²) in [4.78, 5) is 8.62. The maximum absolute atomic E-state index is 10.6. The summed E-state index contributed by atoms with van der Waals surface area (Å²) in [6.07, 6.45) is 0.702. The van der Waals surface area contributed by atoms with E-state index in [0.717, 1.165) is 0 Å². The first-order valence-corrected chi connectivity index (χ1v) is 4.83. The second-order valence-electron chi connectivity index (χ2n) is 2.59. The molecule has 0 rings (SSSR count). The Kier molecular flexibility index (Phi) is 4.88. The zero-order valence-electron chi connectivity index (χ0n) is 6.69. The van der Waals surface area contributed by atoms with E-state index in [1.807, 2.05) is 13.8 Å².